The van der Waals surface area contributed by atoms with E-state index >= 15 is 0 Å². The second kappa shape index (κ2) is 2.27. The van der Waals surface area contributed by atoms with Crippen LogP contribution in [0, 0.1) is 5.92 Å². The van der Waals surface area contributed by atoms with Crippen molar-refractivity contribution in [2.45, 2.75) is 32.4 Å². The fraction of sp³-hybridized carbons (Fsp3) is 1.00. The number of hydrogen-bond donors (Lipinski definition) is 2. The Morgan fingerprint density at radius 1 is 1.78 bits per heavy atom. The predicted octanol–water partition coefficient (Wildman–Crippen LogP) is 0.681. The molecule has 2 heteroatoms. The Bertz CT molecular complexity index is 97.1. The van der Waals surface area contributed by atoms with E-state index in [1.165, 1.54) is 12.8 Å². The molecule has 2 atom stereocenters. The van der Waals surface area contributed by atoms with Gasteiger partial charge in [0.2, 0.25) is 0 Å². The van der Waals surface area contributed by atoms with Gasteiger partial charge in [-0.05, 0) is 12.3 Å². The van der Waals surface area contributed by atoms with E-state index in [2.05, 4.69) is 19.2 Å². The molecule has 1 aliphatic heterocycles. The molecule has 0 aromatic carbocycles. The van der Waals surface area contributed by atoms with E-state index in [1.807, 2.05) is 0 Å². The van der Waals surface area contributed by atoms with Gasteiger partial charge in [-0.25, -0.2) is 0 Å². The van der Waals surface area contributed by atoms with Crippen LogP contribution in [0.1, 0.15) is 26.7 Å². The van der Waals surface area contributed by atoms with Crippen molar-refractivity contribution < 1.29 is 0 Å². The van der Waals surface area contributed by atoms with E-state index < -0.39 is 0 Å². The molecule has 1 fully saturated rings. The maximum absolute atomic E-state index is 5.87. The molecule has 0 spiro atoms. The van der Waals surface area contributed by atoms with E-state index in [0.717, 1.165) is 6.54 Å². The molecule has 0 bridgehead atoms. The normalized spacial score (nSPS) is 36.3. The Labute approximate surface area is 56.8 Å². The number of nitrogens with one attached hydrogen (secondary N) is 1. The summed E-state index contributed by atoms with van der Waals surface area (Å²) in [6.45, 7) is 5.42. The number of rotatable bonds is 3. The summed E-state index contributed by atoms with van der Waals surface area (Å²) in [4.78, 5) is 0. The molecule has 0 amide bonds. The van der Waals surface area contributed by atoms with Crippen molar-refractivity contribution in [1.29, 1.82) is 0 Å². The van der Waals surface area contributed by atoms with Crippen LogP contribution in [-0.2, 0) is 0 Å². The third kappa shape index (κ3) is 1.43. The minimum atomic E-state index is 0.00993. The lowest BCUT2D eigenvalue weighted by Crippen LogP contribution is -2.35. The maximum Gasteiger partial charge on any atom is 0.0818 e. The van der Waals surface area contributed by atoms with E-state index in [9.17, 15) is 0 Å². The Morgan fingerprint density at radius 2 is 2.33 bits per heavy atom. The van der Waals surface area contributed by atoms with Gasteiger partial charge in [0.05, 0.1) is 5.66 Å². The molecule has 1 aliphatic rings. The predicted molar refractivity (Wildman–Crippen MR) is 39.0 cm³/mol. The van der Waals surface area contributed by atoms with Gasteiger partial charge in [0.15, 0.2) is 0 Å². The van der Waals surface area contributed by atoms with Crippen LogP contribution < -0.4 is 11.1 Å². The van der Waals surface area contributed by atoms with E-state index in [1.54, 1.807) is 0 Å². The van der Waals surface area contributed by atoms with Crippen LogP contribution in [-0.4, -0.2) is 12.2 Å². The van der Waals surface area contributed by atoms with Crippen LogP contribution >= 0.6 is 0 Å². The summed E-state index contributed by atoms with van der Waals surface area (Å²) in [6, 6.07) is 0. The van der Waals surface area contributed by atoms with Gasteiger partial charge in [0.1, 0.15) is 0 Å². The average Bonchev–Trinajstić information content (AvgIpc) is 2.50. The van der Waals surface area contributed by atoms with Crippen LogP contribution in [0.2, 0.25) is 0 Å². The van der Waals surface area contributed by atoms with Gasteiger partial charge in [-0.1, -0.05) is 20.3 Å². The van der Waals surface area contributed by atoms with Crippen LogP contribution in [0.3, 0.4) is 0 Å². The SMILES string of the molecule is CCCC(C)C1(N)CN1. The van der Waals surface area contributed by atoms with Gasteiger partial charge < -0.3 is 5.73 Å². The van der Waals surface area contributed by atoms with Crippen molar-refractivity contribution in [1.82, 2.24) is 5.32 Å². The number of nitrogens with two attached hydrogens (primary N) is 1. The smallest absolute Gasteiger partial charge is 0.0818 e. The minimum absolute atomic E-state index is 0.00993. The first-order valence-electron chi connectivity index (χ1n) is 3.73. The number of hydrogen-bond acceptors (Lipinski definition) is 2. The fourth-order valence-corrected chi connectivity index (χ4v) is 1.14. The zero-order valence-corrected chi connectivity index (χ0v) is 6.28. The highest BCUT2D eigenvalue weighted by Crippen LogP contribution is 2.24. The van der Waals surface area contributed by atoms with Crippen molar-refractivity contribution in [2.24, 2.45) is 11.7 Å². The highest BCUT2D eigenvalue weighted by molar-refractivity contribution is 5.01. The van der Waals surface area contributed by atoms with E-state index in [0.29, 0.717) is 5.92 Å². The van der Waals surface area contributed by atoms with Gasteiger partial charge in [0.25, 0.3) is 0 Å². The summed E-state index contributed by atoms with van der Waals surface area (Å²) >= 11 is 0. The monoisotopic (exact) mass is 128 g/mol. The van der Waals surface area contributed by atoms with Crippen molar-refractivity contribution in [3.05, 3.63) is 0 Å². The molecule has 0 saturated carbocycles. The largest absolute Gasteiger partial charge is 0.312 e. The third-order valence-electron chi connectivity index (χ3n) is 2.19. The van der Waals surface area contributed by atoms with Gasteiger partial charge in [-0.3, -0.25) is 5.32 Å². The average molecular weight is 128 g/mol. The van der Waals surface area contributed by atoms with Gasteiger partial charge in [-0.2, -0.15) is 0 Å². The molecule has 2 nitrogen and oxygen atoms in total. The quantitative estimate of drug-likeness (QED) is 0.549. The molecule has 0 aliphatic carbocycles. The van der Waals surface area contributed by atoms with Crippen LogP contribution in [0.15, 0.2) is 0 Å². The summed E-state index contributed by atoms with van der Waals surface area (Å²) in [5, 5.41) is 3.17. The van der Waals surface area contributed by atoms with Crippen molar-refractivity contribution in [3.63, 3.8) is 0 Å². The van der Waals surface area contributed by atoms with Crippen LogP contribution in [0.25, 0.3) is 0 Å². The Kier molecular flexibility index (Phi) is 1.78. The zero-order chi connectivity index (χ0) is 6.91. The van der Waals surface area contributed by atoms with Gasteiger partial charge in [-0.15, -0.1) is 0 Å². The third-order valence-corrected chi connectivity index (χ3v) is 2.19. The highest BCUT2D eigenvalue weighted by atomic mass is 15.3. The van der Waals surface area contributed by atoms with E-state index in [-0.39, 0.29) is 5.66 Å². The lowest BCUT2D eigenvalue weighted by Gasteiger charge is -2.15. The molecule has 0 aromatic rings. The molecular weight excluding hydrogens is 112 g/mol. The Morgan fingerprint density at radius 3 is 2.67 bits per heavy atom. The molecule has 1 saturated heterocycles. The maximum atomic E-state index is 5.87. The molecule has 3 N–H and O–H groups in total. The fourth-order valence-electron chi connectivity index (χ4n) is 1.14. The van der Waals surface area contributed by atoms with E-state index in [4.69, 9.17) is 5.73 Å². The Hall–Kier alpha value is -0.0800. The summed E-state index contributed by atoms with van der Waals surface area (Å²) in [6.07, 6.45) is 2.48. The molecular formula is C7H16N2. The first-order valence-corrected chi connectivity index (χ1v) is 3.73. The standard InChI is InChI=1S/C7H16N2/c1-3-4-6(2)7(8)5-9-7/h6,9H,3-5,8H2,1-2H3. The van der Waals surface area contributed by atoms with Gasteiger partial charge >= 0.3 is 0 Å². The molecule has 0 radical (unpaired) electrons. The second-order valence-corrected chi connectivity index (χ2v) is 3.08. The second-order valence-electron chi connectivity index (χ2n) is 3.08. The van der Waals surface area contributed by atoms with Crippen LogP contribution in [0.5, 0.6) is 0 Å². The molecule has 54 valence electrons. The lowest BCUT2D eigenvalue weighted by molar-refractivity contribution is 0.400. The van der Waals surface area contributed by atoms with Crippen molar-refractivity contribution in [2.75, 3.05) is 6.54 Å². The topological polar surface area (TPSA) is 48.0 Å². The molecule has 1 heterocycles. The first-order chi connectivity index (χ1) is 4.19. The first kappa shape index (κ1) is 7.03. The lowest BCUT2D eigenvalue weighted by atomic mass is 9.98. The molecule has 9 heavy (non-hydrogen) atoms. The van der Waals surface area contributed by atoms with Crippen molar-refractivity contribution >= 4 is 0 Å². The zero-order valence-electron chi connectivity index (χ0n) is 6.28. The summed E-state index contributed by atoms with van der Waals surface area (Å²) < 4.78 is 0. The molecule has 1 rings (SSSR count). The van der Waals surface area contributed by atoms with Crippen LogP contribution in [0.4, 0.5) is 0 Å². The summed E-state index contributed by atoms with van der Waals surface area (Å²) in [7, 11) is 0. The Balaban J connectivity index is 2.24. The van der Waals surface area contributed by atoms with Crippen molar-refractivity contribution in [3.8, 4) is 0 Å². The molecule has 0 aromatic heterocycles. The van der Waals surface area contributed by atoms with Gasteiger partial charge in [0, 0.05) is 6.54 Å². The minimum Gasteiger partial charge on any atom is -0.312 e. The molecule has 2 unspecified atom stereocenters. The summed E-state index contributed by atoms with van der Waals surface area (Å²) in [5.74, 6) is 0.641. The highest BCUT2D eigenvalue weighted by Gasteiger charge is 2.41. The summed E-state index contributed by atoms with van der Waals surface area (Å²) in [5.41, 5.74) is 5.87.